The molecule has 0 spiro atoms. The van der Waals surface area contributed by atoms with Crippen molar-refractivity contribution in [2.24, 2.45) is 5.73 Å². The standard InChI is InChI=1S/C13H12Cl2N2O/c14-10-5-4-9(7-11(10)15)12(18)8-17-6-2-1-3-13(17)16/h1-7,13H,8,16H2. The summed E-state index contributed by atoms with van der Waals surface area (Å²) in [5, 5.41) is 0.812. The van der Waals surface area contributed by atoms with Gasteiger partial charge in [0.05, 0.1) is 22.8 Å². The molecule has 1 heterocycles. The SMILES string of the molecule is NC1C=CC=CN1CC(=O)c1ccc(Cl)c(Cl)c1. The topological polar surface area (TPSA) is 46.3 Å². The molecule has 94 valence electrons. The van der Waals surface area contributed by atoms with Crippen molar-refractivity contribution in [2.75, 3.05) is 6.54 Å². The van der Waals surface area contributed by atoms with E-state index in [1.165, 1.54) is 0 Å². The molecule has 1 atom stereocenters. The van der Waals surface area contributed by atoms with E-state index >= 15 is 0 Å². The summed E-state index contributed by atoms with van der Waals surface area (Å²) in [5.74, 6) is -0.0519. The molecular weight excluding hydrogens is 271 g/mol. The number of benzene rings is 1. The minimum absolute atomic E-state index is 0.0519. The summed E-state index contributed by atoms with van der Waals surface area (Å²) >= 11 is 11.7. The highest BCUT2D eigenvalue weighted by molar-refractivity contribution is 6.42. The van der Waals surface area contributed by atoms with E-state index < -0.39 is 0 Å². The zero-order valence-corrected chi connectivity index (χ0v) is 11.0. The third kappa shape index (κ3) is 2.93. The van der Waals surface area contributed by atoms with Gasteiger partial charge in [0.25, 0.3) is 0 Å². The predicted molar refractivity (Wildman–Crippen MR) is 73.8 cm³/mol. The van der Waals surface area contributed by atoms with Crippen LogP contribution in [0.4, 0.5) is 0 Å². The van der Waals surface area contributed by atoms with Gasteiger partial charge in [-0.3, -0.25) is 4.79 Å². The van der Waals surface area contributed by atoms with Crippen LogP contribution in [0.3, 0.4) is 0 Å². The van der Waals surface area contributed by atoms with Gasteiger partial charge in [-0.1, -0.05) is 29.3 Å². The molecule has 0 aromatic heterocycles. The van der Waals surface area contributed by atoms with Crippen molar-refractivity contribution in [2.45, 2.75) is 6.17 Å². The van der Waals surface area contributed by atoms with E-state index in [1.54, 1.807) is 29.3 Å². The minimum atomic E-state index is -0.276. The van der Waals surface area contributed by atoms with Crippen LogP contribution in [0.15, 0.2) is 42.6 Å². The van der Waals surface area contributed by atoms with E-state index in [0.717, 1.165) is 0 Å². The second-order valence-corrected chi connectivity index (χ2v) is 4.76. The van der Waals surface area contributed by atoms with Crippen LogP contribution in [-0.4, -0.2) is 23.4 Å². The molecule has 0 amide bonds. The molecule has 3 nitrogen and oxygen atoms in total. The van der Waals surface area contributed by atoms with Crippen molar-refractivity contribution in [3.8, 4) is 0 Å². The van der Waals surface area contributed by atoms with Crippen LogP contribution in [-0.2, 0) is 0 Å². The fourth-order valence-corrected chi connectivity index (χ4v) is 1.93. The number of carbonyl (C=O) groups excluding carboxylic acids is 1. The smallest absolute Gasteiger partial charge is 0.182 e. The van der Waals surface area contributed by atoms with E-state index in [1.807, 2.05) is 18.2 Å². The van der Waals surface area contributed by atoms with Gasteiger partial charge >= 0.3 is 0 Å². The van der Waals surface area contributed by atoms with Gasteiger partial charge in [0.1, 0.15) is 0 Å². The Morgan fingerprint density at radius 2 is 2.06 bits per heavy atom. The quantitative estimate of drug-likeness (QED) is 0.868. The highest BCUT2D eigenvalue weighted by Crippen LogP contribution is 2.23. The average Bonchev–Trinajstić information content (AvgIpc) is 2.35. The highest BCUT2D eigenvalue weighted by atomic mass is 35.5. The average molecular weight is 283 g/mol. The summed E-state index contributed by atoms with van der Waals surface area (Å²) in [6, 6.07) is 4.84. The molecule has 1 aromatic rings. The summed E-state index contributed by atoms with van der Waals surface area (Å²) in [6.45, 7) is 0.208. The van der Waals surface area contributed by atoms with Crippen molar-refractivity contribution in [1.29, 1.82) is 0 Å². The molecule has 2 rings (SSSR count). The zero-order chi connectivity index (χ0) is 13.1. The first-order valence-corrected chi connectivity index (χ1v) is 6.18. The van der Waals surface area contributed by atoms with Gasteiger partial charge in [-0.15, -0.1) is 0 Å². The lowest BCUT2D eigenvalue weighted by Crippen LogP contribution is -2.40. The molecule has 2 N–H and O–H groups in total. The Kier molecular flexibility index (Phi) is 4.07. The molecule has 0 aliphatic carbocycles. The number of Topliss-reactive ketones (excluding diaryl/α,β-unsaturated/α-hetero) is 1. The number of hydrogen-bond donors (Lipinski definition) is 1. The molecule has 0 radical (unpaired) electrons. The van der Waals surface area contributed by atoms with Gasteiger partial charge in [0.15, 0.2) is 5.78 Å². The van der Waals surface area contributed by atoms with E-state index in [4.69, 9.17) is 28.9 Å². The van der Waals surface area contributed by atoms with Crippen LogP contribution in [0.25, 0.3) is 0 Å². The van der Waals surface area contributed by atoms with Crippen LogP contribution in [0, 0.1) is 0 Å². The Labute approximate surface area is 115 Å². The number of carbonyl (C=O) groups is 1. The number of nitrogens with zero attached hydrogens (tertiary/aromatic N) is 1. The maximum Gasteiger partial charge on any atom is 0.182 e. The molecule has 18 heavy (non-hydrogen) atoms. The molecule has 1 unspecified atom stereocenters. The lowest BCUT2D eigenvalue weighted by molar-refractivity contribution is 0.0945. The number of rotatable bonds is 3. The third-order valence-electron chi connectivity index (χ3n) is 2.65. The van der Waals surface area contributed by atoms with Crippen molar-refractivity contribution < 1.29 is 4.79 Å². The Bertz CT molecular complexity index is 526. The maximum atomic E-state index is 12.1. The molecule has 0 bridgehead atoms. The van der Waals surface area contributed by atoms with Crippen LogP contribution < -0.4 is 5.73 Å². The third-order valence-corrected chi connectivity index (χ3v) is 3.39. The van der Waals surface area contributed by atoms with Crippen LogP contribution >= 0.6 is 23.2 Å². The largest absolute Gasteiger partial charge is 0.351 e. The van der Waals surface area contributed by atoms with Crippen molar-refractivity contribution in [3.63, 3.8) is 0 Å². The number of allylic oxidation sites excluding steroid dienone is 2. The Hall–Kier alpha value is -1.29. The van der Waals surface area contributed by atoms with E-state index in [-0.39, 0.29) is 18.5 Å². The first kappa shape index (κ1) is 13.1. The maximum absolute atomic E-state index is 12.1. The second kappa shape index (κ2) is 5.57. The lowest BCUT2D eigenvalue weighted by atomic mass is 10.1. The number of hydrogen-bond acceptors (Lipinski definition) is 3. The van der Waals surface area contributed by atoms with Gasteiger partial charge in [-0.25, -0.2) is 0 Å². The Balaban J connectivity index is 2.10. The molecule has 1 aliphatic rings. The fourth-order valence-electron chi connectivity index (χ4n) is 1.63. The summed E-state index contributed by atoms with van der Waals surface area (Å²) < 4.78 is 0. The van der Waals surface area contributed by atoms with Crippen LogP contribution in [0.1, 0.15) is 10.4 Å². The fraction of sp³-hybridized carbons (Fsp3) is 0.154. The van der Waals surface area contributed by atoms with Crippen molar-refractivity contribution in [3.05, 3.63) is 58.2 Å². The zero-order valence-electron chi connectivity index (χ0n) is 9.51. The minimum Gasteiger partial charge on any atom is -0.351 e. The second-order valence-electron chi connectivity index (χ2n) is 3.94. The molecule has 1 aromatic carbocycles. The normalized spacial score (nSPS) is 18.2. The molecule has 1 aliphatic heterocycles. The number of nitrogens with two attached hydrogens (primary N) is 1. The van der Waals surface area contributed by atoms with Gasteiger partial charge < -0.3 is 10.6 Å². The Morgan fingerprint density at radius 3 is 2.72 bits per heavy atom. The summed E-state index contributed by atoms with van der Waals surface area (Å²) in [4.78, 5) is 13.8. The molecular formula is C13H12Cl2N2O. The molecule has 0 fully saturated rings. The van der Waals surface area contributed by atoms with Crippen LogP contribution in [0.5, 0.6) is 0 Å². The van der Waals surface area contributed by atoms with Gasteiger partial charge in [-0.05, 0) is 30.4 Å². The van der Waals surface area contributed by atoms with Crippen LogP contribution in [0.2, 0.25) is 10.0 Å². The predicted octanol–water partition coefficient (Wildman–Crippen LogP) is 2.85. The van der Waals surface area contributed by atoms with E-state index in [0.29, 0.717) is 15.6 Å². The highest BCUT2D eigenvalue weighted by Gasteiger charge is 2.15. The molecule has 0 saturated heterocycles. The molecule has 0 saturated carbocycles. The Morgan fingerprint density at radius 1 is 1.28 bits per heavy atom. The van der Waals surface area contributed by atoms with E-state index in [2.05, 4.69) is 0 Å². The lowest BCUT2D eigenvalue weighted by Gasteiger charge is -2.26. The first-order chi connectivity index (χ1) is 8.58. The summed E-state index contributed by atoms with van der Waals surface area (Å²) in [5.41, 5.74) is 6.38. The van der Waals surface area contributed by atoms with Gasteiger partial charge in [0.2, 0.25) is 0 Å². The molecule has 5 heteroatoms. The van der Waals surface area contributed by atoms with Gasteiger partial charge in [0, 0.05) is 11.8 Å². The van der Waals surface area contributed by atoms with Crippen molar-refractivity contribution in [1.82, 2.24) is 4.90 Å². The monoisotopic (exact) mass is 282 g/mol. The van der Waals surface area contributed by atoms with Gasteiger partial charge in [-0.2, -0.15) is 0 Å². The summed E-state index contributed by atoms with van der Waals surface area (Å²) in [6.07, 6.45) is 7.03. The van der Waals surface area contributed by atoms with E-state index in [9.17, 15) is 4.79 Å². The summed E-state index contributed by atoms with van der Waals surface area (Å²) in [7, 11) is 0. The van der Waals surface area contributed by atoms with Crippen molar-refractivity contribution >= 4 is 29.0 Å². The number of ketones is 1. The number of halogens is 2. The first-order valence-electron chi connectivity index (χ1n) is 5.42.